The number of hydrogen-bond donors (Lipinski definition) is 2. The van der Waals surface area contributed by atoms with E-state index in [1.165, 1.54) is 33.5 Å². The maximum Gasteiger partial charge on any atom is 0.200 e. The van der Waals surface area contributed by atoms with E-state index in [9.17, 15) is 15.0 Å². The maximum absolute atomic E-state index is 12.4. The molecule has 0 fully saturated rings. The standard InChI is InChI=1S/C19H20O6/c1-11-7-16(23-2)15(21)10-13(11)14(20)6-5-12-8-17(24-3)19(22)18(9-12)25-4/h5-10,21-22H,1-4H3/b6-5+. The molecular weight excluding hydrogens is 324 g/mol. The lowest BCUT2D eigenvalue weighted by Crippen LogP contribution is -1.99. The van der Waals surface area contributed by atoms with Crippen LogP contribution >= 0.6 is 0 Å². The van der Waals surface area contributed by atoms with Gasteiger partial charge in [0, 0.05) is 5.56 Å². The number of aromatic hydroxyl groups is 2. The molecule has 0 aliphatic heterocycles. The van der Waals surface area contributed by atoms with E-state index in [0.29, 0.717) is 22.4 Å². The fourth-order valence-electron chi connectivity index (χ4n) is 2.37. The Morgan fingerprint density at radius 1 is 0.920 bits per heavy atom. The van der Waals surface area contributed by atoms with Crippen molar-refractivity contribution < 1.29 is 29.2 Å². The smallest absolute Gasteiger partial charge is 0.200 e. The average molecular weight is 344 g/mol. The Morgan fingerprint density at radius 2 is 1.48 bits per heavy atom. The van der Waals surface area contributed by atoms with Gasteiger partial charge in [-0.15, -0.1) is 0 Å². The molecule has 132 valence electrons. The number of phenols is 2. The highest BCUT2D eigenvalue weighted by atomic mass is 16.5. The van der Waals surface area contributed by atoms with Crippen LogP contribution in [0.1, 0.15) is 21.5 Å². The van der Waals surface area contributed by atoms with E-state index in [1.54, 1.807) is 31.2 Å². The highest BCUT2D eigenvalue weighted by Gasteiger charge is 2.13. The quantitative estimate of drug-likeness (QED) is 0.618. The van der Waals surface area contributed by atoms with Crippen LogP contribution in [0.4, 0.5) is 0 Å². The monoisotopic (exact) mass is 344 g/mol. The molecule has 0 aliphatic carbocycles. The second-order valence-corrected chi connectivity index (χ2v) is 5.31. The largest absolute Gasteiger partial charge is 0.504 e. The van der Waals surface area contributed by atoms with Crippen molar-refractivity contribution in [3.63, 3.8) is 0 Å². The minimum Gasteiger partial charge on any atom is -0.504 e. The zero-order chi connectivity index (χ0) is 18.6. The van der Waals surface area contributed by atoms with Crippen molar-refractivity contribution in [2.24, 2.45) is 0 Å². The Balaban J connectivity index is 2.34. The lowest BCUT2D eigenvalue weighted by atomic mass is 10.0. The summed E-state index contributed by atoms with van der Waals surface area (Å²) in [5, 5.41) is 19.8. The minimum atomic E-state index is -0.276. The molecule has 2 rings (SSSR count). The molecule has 0 aromatic heterocycles. The van der Waals surface area contributed by atoms with Crippen LogP contribution in [0.5, 0.6) is 28.7 Å². The molecule has 0 saturated carbocycles. The summed E-state index contributed by atoms with van der Waals surface area (Å²) >= 11 is 0. The molecule has 25 heavy (non-hydrogen) atoms. The van der Waals surface area contributed by atoms with Gasteiger partial charge in [0.1, 0.15) is 0 Å². The topological polar surface area (TPSA) is 85.2 Å². The molecular formula is C19H20O6. The predicted octanol–water partition coefficient (Wildman–Crippen LogP) is 3.33. The zero-order valence-electron chi connectivity index (χ0n) is 14.5. The van der Waals surface area contributed by atoms with Gasteiger partial charge in [-0.05, 0) is 48.4 Å². The van der Waals surface area contributed by atoms with Crippen LogP contribution in [-0.2, 0) is 0 Å². The van der Waals surface area contributed by atoms with Crippen molar-refractivity contribution >= 4 is 11.9 Å². The van der Waals surface area contributed by atoms with Gasteiger partial charge in [0.05, 0.1) is 21.3 Å². The van der Waals surface area contributed by atoms with E-state index in [4.69, 9.17) is 14.2 Å². The van der Waals surface area contributed by atoms with E-state index in [1.807, 2.05) is 0 Å². The molecule has 2 N–H and O–H groups in total. The van der Waals surface area contributed by atoms with Gasteiger partial charge in [0.2, 0.25) is 5.75 Å². The molecule has 2 aromatic carbocycles. The third-order valence-corrected chi connectivity index (χ3v) is 3.72. The fraction of sp³-hybridized carbons (Fsp3) is 0.211. The number of aryl methyl sites for hydroxylation is 1. The number of benzene rings is 2. The molecule has 2 aromatic rings. The first-order valence-corrected chi connectivity index (χ1v) is 7.46. The number of allylic oxidation sites excluding steroid dienone is 1. The number of carbonyl (C=O) groups is 1. The van der Waals surface area contributed by atoms with Crippen molar-refractivity contribution in [2.45, 2.75) is 6.92 Å². The summed E-state index contributed by atoms with van der Waals surface area (Å²) in [7, 11) is 4.30. The van der Waals surface area contributed by atoms with E-state index >= 15 is 0 Å². The molecule has 0 unspecified atom stereocenters. The van der Waals surface area contributed by atoms with Crippen LogP contribution in [0.15, 0.2) is 30.3 Å². The molecule has 0 heterocycles. The summed E-state index contributed by atoms with van der Waals surface area (Å²) in [6.45, 7) is 1.76. The molecule has 0 saturated heterocycles. The third kappa shape index (κ3) is 3.85. The lowest BCUT2D eigenvalue weighted by Gasteiger charge is -2.10. The van der Waals surface area contributed by atoms with Gasteiger partial charge < -0.3 is 24.4 Å². The van der Waals surface area contributed by atoms with Crippen LogP contribution in [0.25, 0.3) is 6.08 Å². The molecule has 0 amide bonds. The Morgan fingerprint density at radius 3 is 2.00 bits per heavy atom. The third-order valence-electron chi connectivity index (χ3n) is 3.72. The van der Waals surface area contributed by atoms with Crippen LogP contribution in [-0.4, -0.2) is 37.3 Å². The summed E-state index contributed by atoms with van der Waals surface area (Å²) < 4.78 is 15.2. The summed E-state index contributed by atoms with van der Waals surface area (Å²) in [5.41, 5.74) is 1.67. The Kier molecular flexibility index (Phi) is 5.54. The molecule has 0 radical (unpaired) electrons. The number of hydrogen-bond acceptors (Lipinski definition) is 6. The van der Waals surface area contributed by atoms with E-state index in [-0.39, 0.29) is 28.8 Å². The summed E-state index contributed by atoms with van der Waals surface area (Å²) in [6, 6.07) is 6.14. The SMILES string of the molecule is COc1cc(C)c(C(=O)/C=C/c2cc(OC)c(O)c(OC)c2)cc1O. The van der Waals surface area contributed by atoms with Crippen LogP contribution in [0, 0.1) is 6.92 Å². The lowest BCUT2D eigenvalue weighted by molar-refractivity contribution is 0.104. The Labute approximate surface area is 145 Å². The molecule has 0 aliphatic rings. The van der Waals surface area contributed by atoms with Gasteiger partial charge in [-0.3, -0.25) is 4.79 Å². The van der Waals surface area contributed by atoms with E-state index in [2.05, 4.69) is 0 Å². The van der Waals surface area contributed by atoms with Gasteiger partial charge in [0.25, 0.3) is 0 Å². The number of methoxy groups -OCH3 is 3. The first kappa shape index (κ1) is 18.2. The van der Waals surface area contributed by atoms with E-state index in [0.717, 1.165) is 0 Å². The van der Waals surface area contributed by atoms with Crippen molar-refractivity contribution in [1.29, 1.82) is 0 Å². The van der Waals surface area contributed by atoms with Gasteiger partial charge in [-0.1, -0.05) is 6.08 Å². The molecule has 0 bridgehead atoms. The molecule has 6 heteroatoms. The minimum absolute atomic E-state index is 0.0992. The van der Waals surface area contributed by atoms with Crippen molar-refractivity contribution in [2.75, 3.05) is 21.3 Å². The van der Waals surface area contributed by atoms with Crippen LogP contribution in [0.2, 0.25) is 0 Å². The molecule has 6 nitrogen and oxygen atoms in total. The number of phenolic OH excluding ortho intramolecular Hbond substituents is 2. The average Bonchev–Trinajstić information content (AvgIpc) is 2.61. The zero-order valence-corrected chi connectivity index (χ0v) is 14.5. The van der Waals surface area contributed by atoms with Crippen LogP contribution < -0.4 is 14.2 Å². The summed E-state index contributed by atoms with van der Waals surface area (Å²) in [6.07, 6.45) is 2.95. The van der Waals surface area contributed by atoms with Crippen molar-refractivity contribution in [3.8, 4) is 28.7 Å². The van der Waals surface area contributed by atoms with Gasteiger partial charge >= 0.3 is 0 Å². The summed E-state index contributed by atoms with van der Waals surface area (Å²) in [4.78, 5) is 12.4. The Hall–Kier alpha value is -3.15. The predicted molar refractivity (Wildman–Crippen MR) is 94.0 cm³/mol. The first-order chi connectivity index (χ1) is 11.9. The van der Waals surface area contributed by atoms with Gasteiger partial charge in [0.15, 0.2) is 28.8 Å². The molecule has 0 spiro atoms. The van der Waals surface area contributed by atoms with Gasteiger partial charge in [-0.2, -0.15) is 0 Å². The maximum atomic E-state index is 12.4. The van der Waals surface area contributed by atoms with Gasteiger partial charge in [-0.25, -0.2) is 0 Å². The number of ketones is 1. The number of carbonyl (C=O) groups excluding carboxylic acids is 1. The Bertz CT molecular complexity index is 798. The van der Waals surface area contributed by atoms with Crippen molar-refractivity contribution in [1.82, 2.24) is 0 Å². The highest BCUT2D eigenvalue weighted by molar-refractivity contribution is 6.08. The number of rotatable bonds is 6. The summed E-state index contributed by atoms with van der Waals surface area (Å²) in [5.74, 6) is 0.309. The second kappa shape index (κ2) is 7.61. The first-order valence-electron chi connectivity index (χ1n) is 7.46. The van der Waals surface area contributed by atoms with E-state index < -0.39 is 0 Å². The van der Waals surface area contributed by atoms with Crippen LogP contribution in [0.3, 0.4) is 0 Å². The molecule has 0 atom stereocenters. The number of ether oxygens (including phenoxy) is 3. The highest BCUT2D eigenvalue weighted by Crippen LogP contribution is 2.37. The second-order valence-electron chi connectivity index (χ2n) is 5.31. The fourth-order valence-corrected chi connectivity index (χ4v) is 2.37. The van der Waals surface area contributed by atoms with Crippen molar-refractivity contribution in [3.05, 3.63) is 47.0 Å². The normalized spacial score (nSPS) is 10.7.